The van der Waals surface area contributed by atoms with Crippen molar-refractivity contribution in [2.45, 2.75) is 20.0 Å². The van der Waals surface area contributed by atoms with Crippen LogP contribution in [-0.4, -0.2) is 38.0 Å². The van der Waals surface area contributed by atoms with Crippen LogP contribution in [0.15, 0.2) is 24.5 Å². The minimum Gasteiger partial charge on any atom is -0.465 e. The minimum atomic E-state index is -4.52. The van der Waals surface area contributed by atoms with Crippen LogP contribution >= 0.6 is 0 Å². The zero-order chi connectivity index (χ0) is 19.8. The third kappa shape index (κ3) is 4.07. The third-order valence-corrected chi connectivity index (χ3v) is 3.60. The van der Waals surface area contributed by atoms with Gasteiger partial charge in [-0.15, -0.1) is 0 Å². The molecule has 0 aliphatic heterocycles. The Morgan fingerprint density at radius 3 is 2.74 bits per heavy atom. The van der Waals surface area contributed by atoms with Crippen molar-refractivity contribution < 1.29 is 22.7 Å². The van der Waals surface area contributed by atoms with E-state index in [0.717, 1.165) is 0 Å². The molecule has 3 N–H and O–H groups in total. The van der Waals surface area contributed by atoms with Crippen LogP contribution in [0.4, 0.5) is 24.8 Å². The number of anilines is 2. The molecule has 3 aromatic rings. The number of aryl methyl sites for hydroxylation is 1. The largest absolute Gasteiger partial charge is 0.465 e. The molecular formula is C16H15F3N6O2. The number of aromatic nitrogens is 4. The number of nitrogens with one attached hydrogen (secondary N) is 1. The summed E-state index contributed by atoms with van der Waals surface area (Å²) in [5.41, 5.74) is 7.71. The zero-order valence-electron chi connectivity index (χ0n) is 14.3. The molecule has 8 nitrogen and oxygen atoms in total. The van der Waals surface area contributed by atoms with Gasteiger partial charge in [0.1, 0.15) is 5.65 Å². The molecular weight excluding hydrogens is 365 g/mol. The fourth-order valence-corrected chi connectivity index (χ4v) is 2.47. The van der Waals surface area contributed by atoms with E-state index >= 15 is 0 Å². The summed E-state index contributed by atoms with van der Waals surface area (Å²) in [6, 6.07) is 3.38. The average molecular weight is 380 g/mol. The van der Waals surface area contributed by atoms with Crippen molar-refractivity contribution >= 4 is 23.2 Å². The summed E-state index contributed by atoms with van der Waals surface area (Å²) in [6.07, 6.45) is -1.55. The summed E-state index contributed by atoms with van der Waals surface area (Å²) >= 11 is 0. The van der Waals surface area contributed by atoms with E-state index in [1.54, 1.807) is 29.7 Å². The second-order valence-corrected chi connectivity index (χ2v) is 5.72. The van der Waals surface area contributed by atoms with Crippen LogP contribution in [-0.2, 0) is 4.79 Å². The van der Waals surface area contributed by atoms with Gasteiger partial charge in [-0.2, -0.15) is 13.2 Å². The second-order valence-electron chi connectivity index (χ2n) is 5.72. The maximum Gasteiger partial charge on any atom is 0.422 e. The van der Waals surface area contributed by atoms with Crippen molar-refractivity contribution in [3.63, 3.8) is 0 Å². The molecule has 0 atom stereocenters. The number of carbonyl (C=O) groups is 1. The molecule has 0 aliphatic rings. The summed E-state index contributed by atoms with van der Waals surface area (Å²) in [7, 11) is 0. The van der Waals surface area contributed by atoms with Crippen LogP contribution in [0.3, 0.4) is 0 Å². The first-order valence-electron chi connectivity index (χ1n) is 7.73. The number of amides is 1. The molecule has 0 unspecified atom stereocenters. The summed E-state index contributed by atoms with van der Waals surface area (Å²) in [6.45, 7) is 1.62. The molecule has 0 radical (unpaired) electrons. The first-order chi connectivity index (χ1) is 12.6. The van der Waals surface area contributed by atoms with Crippen LogP contribution < -0.4 is 15.8 Å². The Kier molecular flexibility index (Phi) is 4.60. The van der Waals surface area contributed by atoms with Crippen LogP contribution in [0.5, 0.6) is 5.88 Å². The first kappa shape index (κ1) is 18.4. The van der Waals surface area contributed by atoms with Crippen molar-refractivity contribution in [1.29, 1.82) is 0 Å². The van der Waals surface area contributed by atoms with Gasteiger partial charge in [-0.1, -0.05) is 0 Å². The maximum atomic E-state index is 12.4. The van der Waals surface area contributed by atoms with E-state index in [-0.39, 0.29) is 17.4 Å². The monoisotopic (exact) mass is 380 g/mol. The molecule has 0 bridgehead atoms. The van der Waals surface area contributed by atoms with Gasteiger partial charge in [-0.25, -0.2) is 15.0 Å². The van der Waals surface area contributed by atoms with Crippen molar-refractivity contribution in [2.24, 2.45) is 0 Å². The van der Waals surface area contributed by atoms with Gasteiger partial charge in [0.15, 0.2) is 18.2 Å². The van der Waals surface area contributed by atoms with Crippen molar-refractivity contribution in [3.05, 3.63) is 30.2 Å². The van der Waals surface area contributed by atoms with Crippen molar-refractivity contribution in [1.82, 2.24) is 19.4 Å². The highest BCUT2D eigenvalue weighted by Crippen LogP contribution is 2.28. The lowest BCUT2D eigenvalue weighted by Crippen LogP contribution is -2.20. The van der Waals surface area contributed by atoms with Gasteiger partial charge < -0.3 is 20.2 Å². The molecule has 27 heavy (non-hydrogen) atoms. The topological polar surface area (TPSA) is 107 Å². The number of pyridine rings is 1. The van der Waals surface area contributed by atoms with E-state index in [1.807, 2.05) is 0 Å². The van der Waals surface area contributed by atoms with E-state index in [1.165, 1.54) is 13.1 Å². The van der Waals surface area contributed by atoms with Crippen LogP contribution in [0.1, 0.15) is 12.6 Å². The van der Waals surface area contributed by atoms with Crippen molar-refractivity contribution in [2.75, 3.05) is 17.7 Å². The van der Waals surface area contributed by atoms with Gasteiger partial charge >= 0.3 is 6.18 Å². The quantitative estimate of drug-likeness (QED) is 0.720. The zero-order valence-corrected chi connectivity index (χ0v) is 14.3. The van der Waals surface area contributed by atoms with Gasteiger partial charge in [-0.05, 0) is 19.1 Å². The number of rotatable bonds is 4. The first-order valence-corrected chi connectivity index (χ1v) is 7.73. The average Bonchev–Trinajstić information content (AvgIpc) is 2.96. The van der Waals surface area contributed by atoms with Crippen LogP contribution in [0.2, 0.25) is 0 Å². The Labute approximate surface area is 151 Å². The molecule has 0 spiro atoms. The maximum absolute atomic E-state index is 12.4. The molecule has 0 aliphatic carbocycles. The van der Waals surface area contributed by atoms with E-state index in [2.05, 4.69) is 25.0 Å². The molecule has 0 fully saturated rings. The molecule has 3 rings (SSSR count). The molecule has 3 aromatic heterocycles. The Balaban J connectivity index is 1.99. The number of hydrogen-bond donors (Lipinski definition) is 2. The predicted octanol–water partition coefficient (Wildman–Crippen LogP) is 2.58. The highest BCUT2D eigenvalue weighted by Gasteiger charge is 2.29. The smallest absolute Gasteiger partial charge is 0.422 e. The van der Waals surface area contributed by atoms with Gasteiger partial charge in [0, 0.05) is 18.2 Å². The Morgan fingerprint density at radius 2 is 2.07 bits per heavy atom. The molecule has 1 amide bonds. The molecule has 0 aromatic carbocycles. The van der Waals surface area contributed by atoms with E-state index in [4.69, 9.17) is 5.73 Å². The molecule has 0 saturated carbocycles. The Bertz CT molecular complexity index is 1020. The number of fused-ring (bicyclic) bond motifs is 1. The third-order valence-electron chi connectivity index (χ3n) is 3.60. The van der Waals surface area contributed by atoms with Gasteiger partial charge in [0.25, 0.3) is 5.88 Å². The molecule has 3 heterocycles. The number of imidazole rings is 1. The standard InChI is InChI=1S/C16H15F3N6O2/c1-8-10(3-4-13-24-12(6-25(8)13)22-9(2)26)11-5-21-14(20)15(23-11)27-7-16(17,18)19/h3-6H,7H2,1-2H3,(H2,20,21)(H,22,26). The fraction of sp³-hybridized carbons (Fsp3) is 0.250. The van der Waals surface area contributed by atoms with Gasteiger partial charge in [-0.3, -0.25) is 4.79 Å². The summed E-state index contributed by atoms with van der Waals surface area (Å²) in [5, 5.41) is 2.59. The number of nitrogens with zero attached hydrogens (tertiary/aromatic N) is 4. The highest BCUT2D eigenvalue weighted by molar-refractivity contribution is 5.88. The summed E-state index contributed by atoms with van der Waals surface area (Å²) < 4.78 is 43.5. The predicted molar refractivity (Wildman–Crippen MR) is 91.2 cm³/mol. The number of nitrogens with two attached hydrogens (primary N) is 1. The number of halogens is 3. The van der Waals surface area contributed by atoms with Crippen LogP contribution in [0, 0.1) is 6.92 Å². The number of ether oxygens (including phenoxy) is 1. The second kappa shape index (κ2) is 6.74. The van der Waals surface area contributed by atoms with E-state index in [9.17, 15) is 18.0 Å². The number of hydrogen-bond acceptors (Lipinski definition) is 6. The molecule has 0 saturated heterocycles. The fourth-order valence-electron chi connectivity index (χ4n) is 2.47. The normalized spacial score (nSPS) is 11.6. The highest BCUT2D eigenvalue weighted by atomic mass is 19.4. The lowest BCUT2D eigenvalue weighted by Gasteiger charge is -2.12. The van der Waals surface area contributed by atoms with E-state index in [0.29, 0.717) is 22.7 Å². The van der Waals surface area contributed by atoms with Crippen molar-refractivity contribution in [3.8, 4) is 17.1 Å². The van der Waals surface area contributed by atoms with Gasteiger partial charge in [0.2, 0.25) is 5.91 Å². The lowest BCUT2D eigenvalue weighted by molar-refractivity contribution is -0.154. The number of nitrogen functional groups attached to an aromatic ring is 1. The Hall–Kier alpha value is -3.37. The van der Waals surface area contributed by atoms with Crippen LogP contribution in [0.25, 0.3) is 16.9 Å². The molecule has 11 heteroatoms. The minimum absolute atomic E-state index is 0.239. The van der Waals surface area contributed by atoms with E-state index < -0.39 is 18.7 Å². The van der Waals surface area contributed by atoms with Gasteiger partial charge in [0.05, 0.1) is 18.1 Å². The molecule has 142 valence electrons. The number of carbonyl (C=O) groups excluding carboxylic acids is 1. The number of alkyl halides is 3. The lowest BCUT2D eigenvalue weighted by atomic mass is 10.1. The summed E-state index contributed by atoms with van der Waals surface area (Å²) in [5.74, 6) is -0.515. The Morgan fingerprint density at radius 1 is 1.33 bits per heavy atom. The SMILES string of the molecule is CC(=O)Nc1cn2c(C)c(-c3cnc(N)c(OCC(F)(F)F)n3)ccc2n1. The summed E-state index contributed by atoms with van der Waals surface area (Å²) in [4.78, 5) is 23.4.